The monoisotopic (exact) mass is 262 g/mol. The molecule has 1 amide bonds. The maximum Gasteiger partial charge on any atom is 0.327 e. The minimum absolute atomic E-state index is 0.118. The maximum atomic E-state index is 12.2. The van der Waals surface area contributed by atoms with Crippen molar-refractivity contribution in [2.75, 3.05) is 18.5 Å². The molecule has 2 N–H and O–H groups in total. The Morgan fingerprint density at radius 2 is 2.16 bits per heavy atom. The lowest BCUT2D eigenvalue weighted by molar-refractivity contribution is -0.139. The van der Waals surface area contributed by atoms with Gasteiger partial charge in [0.05, 0.1) is 0 Å². The fraction of sp³-hybridized carbons (Fsp3) is 0.429. The Morgan fingerprint density at radius 3 is 2.84 bits per heavy atom. The number of nitrogens with one attached hydrogen (secondary N) is 1. The summed E-state index contributed by atoms with van der Waals surface area (Å²) in [4.78, 5) is 25.0. The molecule has 0 aliphatic carbocycles. The molecule has 1 heterocycles. The second kappa shape index (κ2) is 5.84. The van der Waals surface area contributed by atoms with Crippen LogP contribution in [-0.4, -0.2) is 36.6 Å². The molecule has 0 fully saturated rings. The summed E-state index contributed by atoms with van der Waals surface area (Å²) in [5, 5.41) is 12.2. The normalized spacial score (nSPS) is 17.3. The molecule has 0 bridgehead atoms. The zero-order chi connectivity index (χ0) is 13.8. The van der Waals surface area contributed by atoms with Gasteiger partial charge in [0, 0.05) is 18.5 Å². The highest BCUT2D eigenvalue weighted by molar-refractivity contribution is 6.01. The zero-order valence-electron chi connectivity index (χ0n) is 10.9. The van der Waals surface area contributed by atoms with E-state index in [0.717, 1.165) is 17.8 Å². The molecule has 102 valence electrons. The Kier molecular flexibility index (Phi) is 4.16. The third kappa shape index (κ3) is 2.76. The Bertz CT molecular complexity index is 487. The number of benzene rings is 1. The van der Waals surface area contributed by atoms with Crippen molar-refractivity contribution in [3.8, 4) is 0 Å². The molecule has 0 spiro atoms. The summed E-state index contributed by atoms with van der Waals surface area (Å²) in [6, 6.07) is 6.63. The van der Waals surface area contributed by atoms with Crippen LogP contribution in [0.2, 0.25) is 0 Å². The minimum atomic E-state index is -0.946. The summed E-state index contributed by atoms with van der Waals surface area (Å²) in [5.41, 5.74) is 1.67. The molecule has 2 rings (SSSR count). The zero-order valence-corrected chi connectivity index (χ0v) is 10.9. The van der Waals surface area contributed by atoms with Crippen molar-refractivity contribution in [2.24, 2.45) is 0 Å². The number of para-hydroxylation sites is 1. The lowest BCUT2D eigenvalue weighted by Gasteiger charge is -2.22. The van der Waals surface area contributed by atoms with Gasteiger partial charge in [-0.1, -0.05) is 18.2 Å². The Balaban J connectivity index is 2.19. The topological polar surface area (TPSA) is 69.6 Å². The molecule has 5 nitrogen and oxygen atoms in total. The number of aliphatic carboxylic acids is 1. The summed E-state index contributed by atoms with van der Waals surface area (Å²) in [7, 11) is 1.83. The van der Waals surface area contributed by atoms with Crippen molar-refractivity contribution < 1.29 is 14.7 Å². The first-order chi connectivity index (χ1) is 9.15. The van der Waals surface area contributed by atoms with Crippen LogP contribution in [0.3, 0.4) is 0 Å². The first kappa shape index (κ1) is 13.5. The molecule has 19 heavy (non-hydrogen) atoms. The van der Waals surface area contributed by atoms with Gasteiger partial charge < -0.3 is 10.4 Å². The van der Waals surface area contributed by atoms with Gasteiger partial charge in [0.25, 0.3) is 0 Å². The molecule has 0 saturated heterocycles. The van der Waals surface area contributed by atoms with E-state index in [1.165, 1.54) is 4.90 Å². The molecule has 1 aromatic carbocycles. The molecule has 1 aromatic rings. The molecule has 0 saturated carbocycles. The van der Waals surface area contributed by atoms with E-state index >= 15 is 0 Å². The van der Waals surface area contributed by atoms with E-state index in [1.807, 2.05) is 31.3 Å². The van der Waals surface area contributed by atoms with Gasteiger partial charge in [-0.25, -0.2) is 4.79 Å². The third-order valence-electron chi connectivity index (χ3n) is 3.35. The molecular weight excluding hydrogens is 244 g/mol. The molecule has 0 aromatic heterocycles. The first-order valence-corrected chi connectivity index (χ1v) is 6.42. The van der Waals surface area contributed by atoms with Gasteiger partial charge in [0.15, 0.2) is 0 Å². The summed E-state index contributed by atoms with van der Waals surface area (Å²) in [6.07, 6.45) is 1.46. The molecule has 0 radical (unpaired) electrons. The second-order valence-electron chi connectivity index (χ2n) is 4.66. The van der Waals surface area contributed by atoms with Gasteiger partial charge in [-0.05, 0) is 31.6 Å². The number of amides is 1. The van der Waals surface area contributed by atoms with E-state index in [1.54, 1.807) is 0 Å². The van der Waals surface area contributed by atoms with E-state index < -0.39 is 12.0 Å². The van der Waals surface area contributed by atoms with Gasteiger partial charge in [-0.15, -0.1) is 0 Å². The molecule has 1 atom stereocenters. The average molecular weight is 262 g/mol. The lowest BCUT2D eigenvalue weighted by atomic mass is 10.1. The van der Waals surface area contributed by atoms with Crippen molar-refractivity contribution in [3.63, 3.8) is 0 Å². The molecule has 5 heteroatoms. The smallest absolute Gasteiger partial charge is 0.327 e. The molecule has 1 aliphatic rings. The van der Waals surface area contributed by atoms with Crippen molar-refractivity contribution in [1.82, 2.24) is 5.32 Å². The molecule has 1 aliphatic heterocycles. The largest absolute Gasteiger partial charge is 0.480 e. The SMILES string of the molecule is CNCCCC(=O)N1c2ccccc2CC1C(=O)O. The lowest BCUT2D eigenvalue weighted by Crippen LogP contribution is -2.42. The van der Waals surface area contributed by atoms with Crippen LogP contribution in [0.5, 0.6) is 0 Å². The number of carbonyl (C=O) groups is 2. The Hall–Kier alpha value is -1.88. The molecular formula is C14H18N2O3. The van der Waals surface area contributed by atoms with Crippen molar-refractivity contribution in [2.45, 2.75) is 25.3 Å². The van der Waals surface area contributed by atoms with Crippen LogP contribution in [-0.2, 0) is 16.0 Å². The van der Waals surface area contributed by atoms with E-state index in [0.29, 0.717) is 19.3 Å². The fourth-order valence-electron chi connectivity index (χ4n) is 2.43. The van der Waals surface area contributed by atoms with E-state index in [9.17, 15) is 14.7 Å². The van der Waals surface area contributed by atoms with E-state index in [4.69, 9.17) is 0 Å². The van der Waals surface area contributed by atoms with Crippen molar-refractivity contribution in [1.29, 1.82) is 0 Å². The Labute approximate surface area is 112 Å². The summed E-state index contributed by atoms with van der Waals surface area (Å²) >= 11 is 0. The number of hydrogen-bond donors (Lipinski definition) is 2. The van der Waals surface area contributed by atoms with Crippen LogP contribution < -0.4 is 10.2 Å². The van der Waals surface area contributed by atoms with Crippen molar-refractivity contribution >= 4 is 17.6 Å². The predicted octanol–water partition coefficient (Wildman–Crippen LogP) is 1.03. The quantitative estimate of drug-likeness (QED) is 0.778. The third-order valence-corrected chi connectivity index (χ3v) is 3.35. The molecule has 1 unspecified atom stereocenters. The highest BCUT2D eigenvalue weighted by Crippen LogP contribution is 2.32. The number of rotatable bonds is 5. The van der Waals surface area contributed by atoms with E-state index in [-0.39, 0.29) is 5.91 Å². The number of carboxylic acid groups (broad SMARTS) is 1. The summed E-state index contributed by atoms with van der Waals surface area (Å²) in [5.74, 6) is -1.06. The van der Waals surface area contributed by atoms with E-state index in [2.05, 4.69) is 5.32 Å². The van der Waals surface area contributed by atoms with Crippen LogP contribution >= 0.6 is 0 Å². The maximum absolute atomic E-state index is 12.2. The number of hydrogen-bond acceptors (Lipinski definition) is 3. The number of carbonyl (C=O) groups excluding carboxylic acids is 1. The second-order valence-corrected chi connectivity index (χ2v) is 4.66. The predicted molar refractivity (Wildman–Crippen MR) is 72.2 cm³/mol. The number of carboxylic acids is 1. The van der Waals surface area contributed by atoms with Gasteiger partial charge >= 0.3 is 5.97 Å². The number of nitrogens with zero attached hydrogens (tertiary/aromatic N) is 1. The van der Waals surface area contributed by atoms with Crippen LogP contribution in [0.25, 0.3) is 0 Å². The highest BCUT2D eigenvalue weighted by atomic mass is 16.4. The van der Waals surface area contributed by atoms with Gasteiger partial charge in [0.1, 0.15) is 6.04 Å². The van der Waals surface area contributed by atoms with Gasteiger partial charge in [-0.2, -0.15) is 0 Å². The van der Waals surface area contributed by atoms with Crippen LogP contribution in [0.1, 0.15) is 18.4 Å². The van der Waals surface area contributed by atoms with Gasteiger partial charge in [0.2, 0.25) is 5.91 Å². The minimum Gasteiger partial charge on any atom is -0.480 e. The fourth-order valence-corrected chi connectivity index (χ4v) is 2.43. The number of anilines is 1. The summed E-state index contributed by atoms with van der Waals surface area (Å²) < 4.78 is 0. The Morgan fingerprint density at radius 1 is 1.42 bits per heavy atom. The van der Waals surface area contributed by atoms with Crippen molar-refractivity contribution in [3.05, 3.63) is 29.8 Å². The van der Waals surface area contributed by atoms with Gasteiger partial charge in [-0.3, -0.25) is 9.69 Å². The summed E-state index contributed by atoms with van der Waals surface area (Å²) in [6.45, 7) is 0.749. The standard InChI is InChI=1S/C14H18N2O3/c1-15-8-4-7-13(17)16-11-6-3-2-5-10(11)9-12(16)14(18)19/h2-3,5-6,12,15H,4,7-9H2,1H3,(H,18,19). The average Bonchev–Trinajstić information content (AvgIpc) is 2.78. The first-order valence-electron chi connectivity index (χ1n) is 6.42. The number of fused-ring (bicyclic) bond motifs is 1. The van der Waals surface area contributed by atoms with Crippen LogP contribution in [0.4, 0.5) is 5.69 Å². The van der Waals surface area contributed by atoms with Crippen LogP contribution in [0.15, 0.2) is 24.3 Å². The highest BCUT2D eigenvalue weighted by Gasteiger charge is 2.37. The van der Waals surface area contributed by atoms with Crippen LogP contribution in [0, 0.1) is 0 Å².